The predicted molar refractivity (Wildman–Crippen MR) is 93.4 cm³/mol. The number of benzene rings is 2. The zero-order valence-electron chi connectivity index (χ0n) is 13.1. The third-order valence-corrected chi connectivity index (χ3v) is 3.36. The monoisotopic (exact) mass is 359 g/mol. The second kappa shape index (κ2) is 9.60. The molecule has 0 unspecified atom stereocenters. The van der Waals surface area contributed by atoms with Crippen LogP contribution in [0.15, 0.2) is 36.4 Å². The van der Waals surface area contributed by atoms with E-state index >= 15 is 0 Å². The largest absolute Gasteiger partial charge is 0.490 e. The molecule has 0 heterocycles. The zero-order valence-corrected chi connectivity index (χ0v) is 14.6. The molecule has 1 N–H and O–H groups in total. The Bertz CT molecular complexity index is 638. The van der Waals surface area contributed by atoms with Crippen molar-refractivity contribution in [2.24, 2.45) is 0 Å². The van der Waals surface area contributed by atoms with E-state index in [2.05, 4.69) is 5.32 Å². The van der Waals surface area contributed by atoms with Crippen molar-refractivity contribution in [1.82, 2.24) is 5.32 Å². The smallest absolute Gasteiger partial charge is 0.180 e. The van der Waals surface area contributed by atoms with Crippen LogP contribution in [0.4, 0.5) is 4.39 Å². The Hall–Kier alpha value is -1.49. The molecule has 0 spiro atoms. The number of halogens is 3. The fraction of sp³-hybridized carbons (Fsp3) is 0.294. The first-order chi connectivity index (χ1) is 10.7. The van der Waals surface area contributed by atoms with Gasteiger partial charge in [-0.3, -0.25) is 0 Å². The van der Waals surface area contributed by atoms with Crippen LogP contribution in [0.2, 0.25) is 5.02 Å². The summed E-state index contributed by atoms with van der Waals surface area (Å²) in [5, 5.41) is 3.51. The summed E-state index contributed by atoms with van der Waals surface area (Å²) in [7, 11) is 1.86. The van der Waals surface area contributed by atoms with E-state index in [0.717, 1.165) is 5.56 Å². The summed E-state index contributed by atoms with van der Waals surface area (Å²) in [6.07, 6.45) is 0. The molecule has 0 fully saturated rings. The molecule has 0 aromatic heterocycles. The second-order valence-corrected chi connectivity index (χ2v) is 5.16. The van der Waals surface area contributed by atoms with Crippen molar-refractivity contribution in [3.05, 3.63) is 58.4 Å². The minimum Gasteiger partial charge on any atom is -0.490 e. The Labute approximate surface area is 147 Å². The third kappa shape index (κ3) is 5.27. The summed E-state index contributed by atoms with van der Waals surface area (Å²) in [6, 6.07) is 10.2. The lowest BCUT2D eigenvalue weighted by Gasteiger charge is -2.15. The van der Waals surface area contributed by atoms with Gasteiger partial charge in [-0.2, -0.15) is 0 Å². The van der Waals surface area contributed by atoms with Crippen molar-refractivity contribution >= 4 is 24.0 Å². The molecule has 2 aromatic carbocycles. The van der Waals surface area contributed by atoms with Crippen LogP contribution in [0.25, 0.3) is 0 Å². The van der Waals surface area contributed by atoms with Crippen molar-refractivity contribution in [2.45, 2.75) is 20.1 Å². The molecule has 0 atom stereocenters. The summed E-state index contributed by atoms with van der Waals surface area (Å²) in [5.41, 5.74) is 1.47. The van der Waals surface area contributed by atoms with Gasteiger partial charge < -0.3 is 14.8 Å². The number of rotatable bonds is 7. The quantitative estimate of drug-likeness (QED) is 0.783. The van der Waals surface area contributed by atoms with E-state index in [0.29, 0.717) is 35.2 Å². The molecule has 2 aromatic rings. The van der Waals surface area contributed by atoms with Gasteiger partial charge in [0.2, 0.25) is 0 Å². The summed E-state index contributed by atoms with van der Waals surface area (Å²) in [4.78, 5) is 0. The first-order valence-electron chi connectivity index (χ1n) is 7.11. The topological polar surface area (TPSA) is 30.5 Å². The molecular weight excluding hydrogens is 340 g/mol. The lowest BCUT2D eigenvalue weighted by molar-refractivity contribution is 0.266. The molecule has 0 amide bonds. The Balaban J connectivity index is 0.00000264. The molecular formula is C17H20Cl2FNO2. The first-order valence-corrected chi connectivity index (χ1v) is 7.49. The highest BCUT2D eigenvalue weighted by molar-refractivity contribution is 6.32. The Morgan fingerprint density at radius 3 is 2.57 bits per heavy atom. The maximum absolute atomic E-state index is 13.7. The molecule has 0 aliphatic rings. The van der Waals surface area contributed by atoms with Gasteiger partial charge in [-0.25, -0.2) is 4.39 Å². The minimum atomic E-state index is -0.302. The van der Waals surface area contributed by atoms with Gasteiger partial charge in [0.25, 0.3) is 0 Å². The molecule has 0 saturated heterocycles. The van der Waals surface area contributed by atoms with Gasteiger partial charge in [0, 0.05) is 12.1 Å². The SMILES string of the molecule is CCOc1cc(CNC)cc(Cl)c1OCc1ccccc1F.Cl. The normalized spacial score (nSPS) is 10.1. The number of ether oxygens (including phenoxy) is 2. The van der Waals surface area contributed by atoms with Crippen molar-refractivity contribution in [1.29, 1.82) is 0 Å². The van der Waals surface area contributed by atoms with E-state index in [9.17, 15) is 4.39 Å². The molecule has 0 radical (unpaired) electrons. The average molecular weight is 360 g/mol. The Morgan fingerprint density at radius 2 is 1.91 bits per heavy atom. The fourth-order valence-electron chi connectivity index (χ4n) is 2.10. The van der Waals surface area contributed by atoms with Gasteiger partial charge in [-0.15, -0.1) is 12.4 Å². The van der Waals surface area contributed by atoms with E-state index < -0.39 is 0 Å². The van der Waals surface area contributed by atoms with Gasteiger partial charge in [-0.05, 0) is 37.7 Å². The number of nitrogens with one attached hydrogen (secondary N) is 1. The van der Waals surface area contributed by atoms with Gasteiger partial charge >= 0.3 is 0 Å². The van der Waals surface area contributed by atoms with Crippen LogP contribution in [0.5, 0.6) is 11.5 Å². The van der Waals surface area contributed by atoms with Crippen LogP contribution in [0.1, 0.15) is 18.1 Å². The van der Waals surface area contributed by atoms with Gasteiger partial charge in [0.1, 0.15) is 12.4 Å². The zero-order chi connectivity index (χ0) is 15.9. The van der Waals surface area contributed by atoms with E-state index in [1.807, 2.05) is 26.1 Å². The van der Waals surface area contributed by atoms with Crippen molar-refractivity contribution in [2.75, 3.05) is 13.7 Å². The van der Waals surface area contributed by atoms with E-state index in [4.69, 9.17) is 21.1 Å². The lowest BCUT2D eigenvalue weighted by atomic mass is 10.2. The Kier molecular flexibility index (Phi) is 8.17. The first kappa shape index (κ1) is 19.6. The summed E-state index contributed by atoms with van der Waals surface area (Å²) < 4.78 is 24.9. The van der Waals surface area contributed by atoms with Crippen molar-refractivity contribution in [3.8, 4) is 11.5 Å². The number of hydrogen-bond donors (Lipinski definition) is 1. The van der Waals surface area contributed by atoms with Crippen LogP contribution in [0.3, 0.4) is 0 Å². The molecule has 126 valence electrons. The van der Waals surface area contributed by atoms with E-state index in [1.165, 1.54) is 6.07 Å². The molecule has 0 bridgehead atoms. The van der Waals surface area contributed by atoms with Gasteiger partial charge in [-0.1, -0.05) is 29.8 Å². The predicted octanol–water partition coefficient (Wildman–Crippen LogP) is 4.60. The highest BCUT2D eigenvalue weighted by Crippen LogP contribution is 2.37. The highest BCUT2D eigenvalue weighted by atomic mass is 35.5. The minimum absolute atomic E-state index is 0. The highest BCUT2D eigenvalue weighted by Gasteiger charge is 2.13. The van der Waals surface area contributed by atoms with Crippen molar-refractivity contribution in [3.63, 3.8) is 0 Å². The van der Waals surface area contributed by atoms with Crippen LogP contribution >= 0.6 is 24.0 Å². The fourth-order valence-corrected chi connectivity index (χ4v) is 2.38. The summed E-state index contributed by atoms with van der Waals surface area (Å²) in [6.45, 7) is 3.15. The van der Waals surface area contributed by atoms with E-state index in [-0.39, 0.29) is 24.8 Å². The molecule has 6 heteroatoms. The standard InChI is InChI=1S/C17H19ClFNO2.ClH/c1-3-21-16-9-12(10-20-2)8-14(18)17(16)22-11-13-6-4-5-7-15(13)19;/h4-9,20H,3,10-11H2,1-2H3;1H. The molecule has 3 nitrogen and oxygen atoms in total. The van der Waals surface area contributed by atoms with Crippen LogP contribution in [-0.2, 0) is 13.2 Å². The maximum atomic E-state index is 13.7. The van der Waals surface area contributed by atoms with E-state index in [1.54, 1.807) is 18.2 Å². The summed E-state index contributed by atoms with van der Waals surface area (Å²) in [5.74, 6) is 0.701. The molecule has 0 saturated carbocycles. The molecule has 0 aliphatic carbocycles. The molecule has 0 aliphatic heterocycles. The maximum Gasteiger partial charge on any atom is 0.180 e. The lowest BCUT2D eigenvalue weighted by Crippen LogP contribution is -2.07. The molecule has 23 heavy (non-hydrogen) atoms. The summed E-state index contributed by atoms with van der Waals surface area (Å²) >= 11 is 6.29. The Morgan fingerprint density at radius 1 is 1.17 bits per heavy atom. The number of hydrogen-bond acceptors (Lipinski definition) is 3. The van der Waals surface area contributed by atoms with Crippen LogP contribution < -0.4 is 14.8 Å². The van der Waals surface area contributed by atoms with Crippen molar-refractivity contribution < 1.29 is 13.9 Å². The van der Waals surface area contributed by atoms with Crippen LogP contribution in [-0.4, -0.2) is 13.7 Å². The van der Waals surface area contributed by atoms with Gasteiger partial charge in [0.05, 0.1) is 11.6 Å². The van der Waals surface area contributed by atoms with Gasteiger partial charge in [0.15, 0.2) is 11.5 Å². The third-order valence-electron chi connectivity index (χ3n) is 3.08. The van der Waals surface area contributed by atoms with Crippen LogP contribution in [0, 0.1) is 5.82 Å². The average Bonchev–Trinajstić information content (AvgIpc) is 2.49. The second-order valence-electron chi connectivity index (χ2n) is 4.75. The molecule has 2 rings (SSSR count).